The smallest absolute Gasteiger partial charge is 0.265 e. The van der Waals surface area contributed by atoms with Crippen molar-refractivity contribution < 1.29 is 12.6 Å². The molecule has 6 heteroatoms. The molecule has 0 fully saturated rings. The van der Waals surface area contributed by atoms with Crippen LogP contribution in [0.2, 0.25) is 0 Å². The van der Waals surface area contributed by atoms with Crippen LogP contribution in [0.3, 0.4) is 0 Å². The Hall–Kier alpha value is -3.35. The SMILES string of the molecule is CCc1ccc(C(OS(C)(=O)=O)(c2c[nH]c3ccccc23)c2c[nH]c3ccccc23)cc1. The summed E-state index contributed by atoms with van der Waals surface area (Å²) in [5.41, 5.74) is 3.84. The Morgan fingerprint density at radius 3 is 1.75 bits per heavy atom. The molecule has 162 valence electrons. The lowest BCUT2D eigenvalue weighted by molar-refractivity contribution is 0.169. The molecular weight excluding hydrogens is 420 g/mol. The number of benzene rings is 3. The van der Waals surface area contributed by atoms with E-state index in [4.69, 9.17) is 4.18 Å². The highest BCUT2D eigenvalue weighted by Crippen LogP contribution is 2.46. The summed E-state index contributed by atoms with van der Waals surface area (Å²) in [6.07, 6.45) is 5.70. The van der Waals surface area contributed by atoms with Gasteiger partial charge in [0.05, 0.1) is 6.26 Å². The van der Waals surface area contributed by atoms with Crippen LogP contribution in [0.5, 0.6) is 0 Å². The predicted octanol–water partition coefficient (Wildman–Crippen LogP) is 5.48. The molecule has 0 amide bonds. The Kier molecular flexibility index (Phi) is 4.92. The minimum atomic E-state index is -3.86. The minimum absolute atomic E-state index is 0.743. The van der Waals surface area contributed by atoms with Crippen LogP contribution in [0, 0.1) is 0 Å². The lowest BCUT2D eigenvalue weighted by Gasteiger charge is -2.33. The molecular formula is C26H24N2O3S. The van der Waals surface area contributed by atoms with Gasteiger partial charge in [-0.25, -0.2) is 4.18 Å². The molecule has 0 spiro atoms. The van der Waals surface area contributed by atoms with Crippen molar-refractivity contribution in [3.63, 3.8) is 0 Å². The summed E-state index contributed by atoms with van der Waals surface area (Å²) < 4.78 is 31.6. The largest absolute Gasteiger partial charge is 0.361 e. The summed E-state index contributed by atoms with van der Waals surface area (Å²) in [6.45, 7) is 2.09. The van der Waals surface area contributed by atoms with Crippen LogP contribution < -0.4 is 0 Å². The number of aromatic amines is 2. The zero-order chi connectivity index (χ0) is 22.3. The molecule has 0 saturated carbocycles. The van der Waals surface area contributed by atoms with E-state index in [-0.39, 0.29) is 0 Å². The fraction of sp³-hybridized carbons (Fsp3) is 0.154. The average Bonchev–Trinajstić information content (AvgIpc) is 3.42. The molecule has 5 nitrogen and oxygen atoms in total. The standard InChI is InChI=1S/C26H24N2O3S/c1-3-18-12-14-19(15-13-18)26(31-32(2,29)30,22-16-27-24-10-6-4-8-20(22)24)23-17-28-25-11-7-5-9-21(23)25/h4-17,27-28H,3H2,1-2H3. The van der Waals surface area contributed by atoms with Crippen LogP contribution in [0.4, 0.5) is 0 Å². The summed E-state index contributed by atoms with van der Waals surface area (Å²) in [5.74, 6) is 0. The fourth-order valence-electron chi connectivity index (χ4n) is 4.52. The van der Waals surface area contributed by atoms with E-state index < -0.39 is 15.7 Å². The maximum absolute atomic E-state index is 12.8. The molecule has 5 rings (SSSR count). The molecule has 0 atom stereocenters. The van der Waals surface area contributed by atoms with Crippen molar-refractivity contribution in [3.05, 3.63) is 107 Å². The number of hydrogen-bond acceptors (Lipinski definition) is 3. The quantitative estimate of drug-likeness (QED) is 0.341. The number of aromatic nitrogens is 2. The predicted molar refractivity (Wildman–Crippen MR) is 128 cm³/mol. The number of nitrogens with one attached hydrogen (secondary N) is 2. The van der Waals surface area contributed by atoms with Gasteiger partial charge in [-0.3, -0.25) is 0 Å². The zero-order valence-corrected chi connectivity index (χ0v) is 18.7. The van der Waals surface area contributed by atoms with Crippen molar-refractivity contribution in [1.82, 2.24) is 9.97 Å². The summed E-state index contributed by atoms with van der Waals surface area (Å²) in [5, 5.41) is 1.81. The number of H-pyrrole nitrogens is 2. The van der Waals surface area contributed by atoms with Crippen LogP contribution in [-0.4, -0.2) is 24.6 Å². The van der Waals surface area contributed by atoms with Crippen molar-refractivity contribution in [1.29, 1.82) is 0 Å². The van der Waals surface area contributed by atoms with E-state index in [1.54, 1.807) is 0 Å². The van der Waals surface area contributed by atoms with Gasteiger partial charge in [0.15, 0.2) is 5.60 Å². The number of para-hydroxylation sites is 2. The lowest BCUT2D eigenvalue weighted by atomic mass is 9.80. The lowest BCUT2D eigenvalue weighted by Crippen LogP contribution is -2.34. The first-order valence-electron chi connectivity index (χ1n) is 10.6. The van der Waals surface area contributed by atoms with E-state index in [9.17, 15) is 8.42 Å². The highest BCUT2D eigenvalue weighted by atomic mass is 32.2. The van der Waals surface area contributed by atoms with Gasteiger partial charge in [-0.15, -0.1) is 0 Å². The molecule has 2 aromatic heterocycles. The normalized spacial score (nSPS) is 12.6. The van der Waals surface area contributed by atoms with Crippen molar-refractivity contribution in [2.75, 3.05) is 6.26 Å². The maximum Gasteiger partial charge on any atom is 0.265 e. The molecule has 3 aromatic carbocycles. The first-order valence-corrected chi connectivity index (χ1v) is 12.4. The van der Waals surface area contributed by atoms with Crippen LogP contribution in [0.25, 0.3) is 21.8 Å². The highest BCUT2D eigenvalue weighted by molar-refractivity contribution is 7.86. The molecule has 5 aromatic rings. The molecule has 2 heterocycles. The first-order chi connectivity index (χ1) is 15.4. The van der Waals surface area contributed by atoms with Crippen molar-refractivity contribution in [3.8, 4) is 0 Å². The van der Waals surface area contributed by atoms with Crippen molar-refractivity contribution in [2.24, 2.45) is 0 Å². The van der Waals surface area contributed by atoms with Gasteiger partial charge in [0.1, 0.15) is 0 Å². The van der Waals surface area contributed by atoms with Gasteiger partial charge in [0, 0.05) is 45.3 Å². The molecule has 2 N–H and O–H groups in total. The third-order valence-corrected chi connectivity index (χ3v) is 6.53. The summed E-state index contributed by atoms with van der Waals surface area (Å²) in [7, 11) is -3.86. The van der Waals surface area contributed by atoms with Gasteiger partial charge in [0.25, 0.3) is 10.1 Å². The monoisotopic (exact) mass is 444 g/mol. The molecule has 0 bridgehead atoms. The molecule has 0 unspecified atom stereocenters. The Morgan fingerprint density at radius 2 is 1.28 bits per heavy atom. The maximum atomic E-state index is 12.8. The number of hydrogen-bond donors (Lipinski definition) is 2. The van der Waals surface area contributed by atoms with Crippen molar-refractivity contribution >= 4 is 31.9 Å². The summed E-state index contributed by atoms with van der Waals surface area (Å²) in [6, 6.07) is 23.7. The minimum Gasteiger partial charge on any atom is -0.361 e. The van der Waals surface area contributed by atoms with Crippen molar-refractivity contribution in [2.45, 2.75) is 18.9 Å². The van der Waals surface area contributed by atoms with Crippen LogP contribution in [-0.2, 0) is 26.3 Å². The highest BCUT2D eigenvalue weighted by Gasteiger charge is 2.44. The molecule has 0 radical (unpaired) electrons. The van der Waals surface area contributed by atoms with Gasteiger partial charge >= 0.3 is 0 Å². The Labute approximate surface area is 187 Å². The Morgan fingerprint density at radius 1 is 0.781 bits per heavy atom. The third-order valence-electron chi connectivity index (χ3n) is 5.98. The van der Waals surface area contributed by atoms with Gasteiger partial charge < -0.3 is 9.97 Å². The summed E-state index contributed by atoms with van der Waals surface area (Å²) >= 11 is 0. The van der Waals surface area contributed by atoms with E-state index in [1.807, 2.05) is 85.2 Å². The van der Waals surface area contributed by atoms with E-state index >= 15 is 0 Å². The third kappa shape index (κ3) is 3.32. The number of fused-ring (bicyclic) bond motifs is 2. The molecule has 32 heavy (non-hydrogen) atoms. The summed E-state index contributed by atoms with van der Waals surface area (Å²) in [4.78, 5) is 6.59. The fourth-order valence-corrected chi connectivity index (χ4v) is 5.25. The molecule has 0 aliphatic carbocycles. The van der Waals surface area contributed by atoms with E-state index in [1.165, 1.54) is 5.56 Å². The second-order valence-corrected chi connectivity index (χ2v) is 9.59. The van der Waals surface area contributed by atoms with Crippen LogP contribution in [0.1, 0.15) is 29.2 Å². The van der Waals surface area contributed by atoms with Crippen LogP contribution in [0.15, 0.2) is 85.2 Å². The van der Waals surface area contributed by atoms with Gasteiger partial charge in [0.2, 0.25) is 0 Å². The van der Waals surface area contributed by atoms with E-state index in [2.05, 4.69) is 16.9 Å². The Bertz CT molecular complexity index is 1440. The second kappa shape index (κ2) is 7.65. The molecule has 0 aliphatic rings. The van der Waals surface area contributed by atoms with Gasteiger partial charge in [-0.1, -0.05) is 67.6 Å². The molecule has 0 saturated heterocycles. The van der Waals surface area contributed by atoms with Gasteiger partial charge in [-0.05, 0) is 29.7 Å². The molecule has 0 aliphatic heterocycles. The average molecular weight is 445 g/mol. The van der Waals surface area contributed by atoms with Crippen LogP contribution >= 0.6 is 0 Å². The number of aryl methyl sites for hydroxylation is 1. The first kappa shape index (κ1) is 20.5. The second-order valence-electron chi connectivity index (χ2n) is 8.01. The zero-order valence-electron chi connectivity index (χ0n) is 17.9. The van der Waals surface area contributed by atoms with Gasteiger partial charge in [-0.2, -0.15) is 8.42 Å². The topological polar surface area (TPSA) is 75.0 Å². The number of rotatable bonds is 6. The Balaban J connectivity index is 1.93. The van der Waals surface area contributed by atoms with E-state index in [0.29, 0.717) is 0 Å². The van der Waals surface area contributed by atoms with E-state index in [0.717, 1.165) is 51.2 Å².